The van der Waals surface area contributed by atoms with E-state index in [-0.39, 0.29) is 22.2 Å². The van der Waals surface area contributed by atoms with Crippen molar-refractivity contribution >= 4 is 21.5 Å². The number of nitrogens with one attached hydrogen (secondary N) is 1. The highest BCUT2D eigenvalue weighted by atomic mass is 32.2. The highest BCUT2D eigenvalue weighted by Gasteiger charge is 2.20. The largest absolute Gasteiger partial charge is 0.492 e. The molecule has 0 fully saturated rings. The Balaban J connectivity index is 1.46. The Morgan fingerprint density at radius 2 is 1.76 bits per heavy atom. The minimum atomic E-state index is -3.56. The summed E-state index contributed by atoms with van der Waals surface area (Å²) in [4.78, 5) is 12.6. The molecule has 0 aliphatic carbocycles. The summed E-state index contributed by atoms with van der Waals surface area (Å²) in [7, 11) is -3.56. The Labute approximate surface area is 167 Å². The number of para-hydroxylation sites is 1. The van der Waals surface area contributed by atoms with Crippen LogP contribution in [0.3, 0.4) is 0 Å². The van der Waals surface area contributed by atoms with Crippen LogP contribution in [-0.4, -0.2) is 26.6 Å². The Morgan fingerprint density at radius 1 is 1.00 bits per heavy atom. The summed E-state index contributed by atoms with van der Waals surface area (Å²) in [5, 5.41) is 4.19. The predicted molar refractivity (Wildman–Crippen MR) is 107 cm³/mol. The zero-order valence-electron chi connectivity index (χ0n) is 15.4. The monoisotopic (exact) mass is 410 g/mol. The summed E-state index contributed by atoms with van der Waals surface area (Å²) in [5.74, 6) is 0.0165. The maximum Gasteiger partial charge on any atom is 0.307 e. The van der Waals surface area contributed by atoms with E-state index in [0.717, 1.165) is 11.3 Å². The lowest BCUT2D eigenvalue weighted by Crippen LogP contribution is -2.23. The van der Waals surface area contributed by atoms with Crippen LogP contribution in [0.1, 0.15) is 28.3 Å². The normalized spacial score (nSPS) is 14.8. The number of rotatable bonds is 5. The molecule has 2 aromatic carbocycles. The van der Waals surface area contributed by atoms with Crippen molar-refractivity contribution in [1.29, 1.82) is 0 Å². The van der Waals surface area contributed by atoms with Gasteiger partial charge in [-0.2, -0.15) is 5.10 Å². The first-order valence-electron chi connectivity index (χ1n) is 8.98. The van der Waals surface area contributed by atoms with Gasteiger partial charge in [-0.1, -0.05) is 30.3 Å². The van der Waals surface area contributed by atoms with E-state index in [1.54, 1.807) is 18.2 Å². The van der Waals surface area contributed by atoms with Crippen molar-refractivity contribution in [2.75, 3.05) is 6.61 Å². The molecule has 1 N–H and O–H groups in total. The van der Waals surface area contributed by atoms with Gasteiger partial charge in [0.1, 0.15) is 17.3 Å². The molecule has 1 aromatic heterocycles. The van der Waals surface area contributed by atoms with Crippen molar-refractivity contribution in [2.24, 2.45) is 5.10 Å². The van der Waals surface area contributed by atoms with Crippen molar-refractivity contribution in [3.05, 3.63) is 83.8 Å². The number of hydrazone groups is 1. The zero-order chi connectivity index (χ0) is 20.3. The first-order chi connectivity index (χ1) is 14.0. The summed E-state index contributed by atoms with van der Waals surface area (Å²) in [6, 6.07) is 18.5. The molecule has 3 aromatic rings. The van der Waals surface area contributed by atoms with Crippen molar-refractivity contribution in [1.82, 2.24) is 5.43 Å². The molecule has 0 saturated heterocycles. The molecule has 7 nitrogen and oxygen atoms in total. The predicted octanol–water partition coefficient (Wildman–Crippen LogP) is 3.17. The Morgan fingerprint density at radius 3 is 2.59 bits per heavy atom. The number of carbonyl (C=O) groups excluding carboxylic acids is 1. The molecule has 29 heavy (non-hydrogen) atoms. The summed E-state index contributed by atoms with van der Waals surface area (Å²) < 4.78 is 35.9. The third-order valence-corrected chi connectivity index (χ3v) is 6.06. The van der Waals surface area contributed by atoms with E-state index in [1.165, 1.54) is 24.3 Å². The average Bonchev–Trinajstić information content (AvgIpc) is 3.20. The number of ether oxygens (including phenoxy) is 1. The van der Waals surface area contributed by atoms with Crippen molar-refractivity contribution < 1.29 is 22.4 Å². The van der Waals surface area contributed by atoms with Crippen LogP contribution in [0.5, 0.6) is 5.75 Å². The van der Waals surface area contributed by atoms with Crippen LogP contribution in [0, 0.1) is 0 Å². The average molecular weight is 410 g/mol. The minimum Gasteiger partial charge on any atom is -0.492 e. The molecule has 0 unspecified atom stereocenters. The van der Waals surface area contributed by atoms with Gasteiger partial charge in [-0.25, -0.2) is 13.8 Å². The quantitative estimate of drug-likeness (QED) is 0.652. The Kier molecular flexibility index (Phi) is 5.18. The van der Waals surface area contributed by atoms with Crippen LogP contribution < -0.4 is 10.2 Å². The smallest absolute Gasteiger partial charge is 0.307 e. The van der Waals surface area contributed by atoms with E-state index in [1.807, 2.05) is 24.3 Å². The molecule has 0 spiro atoms. The number of sulfone groups is 1. The fourth-order valence-corrected chi connectivity index (χ4v) is 4.26. The lowest BCUT2D eigenvalue weighted by atomic mass is 10.0. The number of nitrogens with zero attached hydrogens (tertiary/aromatic N) is 1. The first kappa shape index (κ1) is 18.9. The molecule has 0 bridgehead atoms. The number of carbonyl (C=O) groups is 1. The number of hydrogen-bond donors (Lipinski definition) is 1. The van der Waals surface area contributed by atoms with Crippen LogP contribution in [0.4, 0.5) is 0 Å². The van der Waals surface area contributed by atoms with Crippen LogP contribution in [0.15, 0.2) is 81.1 Å². The minimum absolute atomic E-state index is 0.00652. The zero-order valence-corrected chi connectivity index (χ0v) is 16.2. The van der Waals surface area contributed by atoms with Gasteiger partial charge in [-0.15, -0.1) is 0 Å². The topological polar surface area (TPSA) is 98.0 Å². The van der Waals surface area contributed by atoms with Crippen molar-refractivity contribution in [2.45, 2.75) is 17.1 Å². The lowest BCUT2D eigenvalue weighted by Gasteiger charge is -2.18. The molecule has 0 radical (unpaired) electrons. The number of amides is 1. The number of fused-ring (bicyclic) bond motifs is 1. The standard InChI is InChI=1S/C21H18N2O5S/c24-21(23-22-18-12-13-27-19-9-5-4-8-17(18)19)20-11-10-15(28-20)14-29(25,26)16-6-2-1-3-7-16/h1-11H,12-14H2,(H,23,24). The second kappa shape index (κ2) is 7.92. The molecular weight excluding hydrogens is 392 g/mol. The van der Waals surface area contributed by atoms with Crippen molar-refractivity contribution in [3.8, 4) is 5.75 Å². The molecular formula is C21H18N2O5S. The molecule has 8 heteroatoms. The maximum absolute atomic E-state index is 12.4. The van der Waals surface area contributed by atoms with E-state index in [4.69, 9.17) is 9.15 Å². The van der Waals surface area contributed by atoms with Gasteiger partial charge < -0.3 is 9.15 Å². The highest BCUT2D eigenvalue weighted by molar-refractivity contribution is 7.90. The maximum atomic E-state index is 12.4. The van der Waals surface area contributed by atoms with Crippen LogP contribution in [0.2, 0.25) is 0 Å². The highest BCUT2D eigenvalue weighted by Crippen LogP contribution is 2.24. The van der Waals surface area contributed by atoms with Gasteiger partial charge in [-0.05, 0) is 36.4 Å². The van der Waals surface area contributed by atoms with Crippen LogP contribution in [-0.2, 0) is 15.6 Å². The van der Waals surface area contributed by atoms with E-state index in [2.05, 4.69) is 10.5 Å². The summed E-state index contributed by atoms with van der Waals surface area (Å²) in [6.07, 6.45) is 0.565. The van der Waals surface area contributed by atoms with Crippen molar-refractivity contribution in [3.63, 3.8) is 0 Å². The molecule has 1 aliphatic rings. The summed E-state index contributed by atoms with van der Waals surface area (Å²) in [5.41, 5.74) is 4.00. The van der Waals surface area contributed by atoms with Gasteiger partial charge in [0, 0.05) is 12.0 Å². The summed E-state index contributed by atoms with van der Waals surface area (Å²) in [6.45, 7) is 0.480. The Bertz CT molecular complexity index is 1170. The molecule has 148 valence electrons. The van der Waals surface area contributed by atoms with E-state index >= 15 is 0 Å². The third kappa shape index (κ3) is 4.22. The Hall–Kier alpha value is -3.39. The fraction of sp³-hybridized carbons (Fsp3) is 0.143. The molecule has 2 heterocycles. The molecule has 0 atom stereocenters. The van der Waals surface area contributed by atoms with Gasteiger partial charge in [0.2, 0.25) is 0 Å². The van der Waals surface area contributed by atoms with Gasteiger partial charge in [0.15, 0.2) is 15.6 Å². The number of hydrogen-bond acceptors (Lipinski definition) is 6. The van der Waals surface area contributed by atoms with Gasteiger partial charge in [-0.3, -0.25) is 4.79 Å². The molecule has 1 amide bonds. The van der Waals surface area contributed by atoms with E-state index < -0.39 is 15.7 Å². The van der Waals surface area contributed by atoms with E-state index in [0.29, 0.717) is 18.7 Å². The first-order valence-corrected chi connectivity index (χ1v) is 10.6. The third-order valence-electron chi connectivity index (χ3n) is 4.41. The fourth-order valence-electron chi connectivity index (χ4n) is 2.99. The van der Waals surface area contributed by atoms with Gasteiger partial charge in [0.05, 0.1) is 17.2 Å². The lowest BCUT2D eigenvalue weighted by molar-refractivity contribution is 0.0925. The second-order valence-electron chi connectivity index (χ2n) is 6.43. The molecule has 0 saturated carbocycles. The van der Waals surface area contributed by atoms with Gasteiger partial charge in [0.25, 0.3) is 0 Å². The molecule has 4 rings (SSSR count). The molecule has 1 aliphatic heterocycles. The number of furan rings is 1. The number of benzene rings is 2. The van der Waals surface area contributed by atoms with Crippen LogP contribution in [0.25, 0.3) is 0 Å². The van der Waals surface area contributed by atoms with Crippen LogP contribution >= 0.6 is 0 Å². The SMILES string of the molecule is O=C(NN=C1CCOc2ccccc21)c1ccc(CS(=O)(=O)c2ccccc2)o1. The second-order valence-corrected chi connectivity index (χ2v) is 8.42. The van der Waals surface area contributed by atoms with E-state index in [9.17, 15) is 13.2 Å². The summed E-state index contributed by atoms with van der Waals surface area (Å²) >= 11 is 0. The van der Waals surface area contributed by atoms with Gasteiger partial charge >= 0.3 is 5.91 Å².